The lowest BCUT2D eigenvalue weighted by molar-refractivity contribution is -0.161. The van der Waals surface area contributed by atoms with E-state index in [1.165, 1.54) is 186 Å². The fourth-order valence-corrected chi connectivity index (χ4v) is 12.2. The molecule has 17 nitrogen and oxygen atoms in total. The van der Waals surface area contributed by atoms with Gasteiger partial charge >= 0.3 is 39.5 Å². The molecule has 528 valence electrons. The van der Waals surface area contributed by atoms with Gasteiger partial charge in [0.05, 0.1) is 26.4 Å². The molecule has 19 heteroatoms. The van der Waals surface area contributed by atoms with Gasteiger partial charge in [-0.1, -0.05) is 311 Å². The zero-order valence-corrected chi connectivity index (χ0v) is 59.4. The highest BCUT2D eigenvalue weighted by Gasteiger charge is 2.30. The molecule has 0 saturated carbocycles. The molecule has 0 aromatic rings. The summed E-state index contributed by atoms with van der Waals surface area (Å²) in [5.41, 5.74) is 0. The maximum atomic E-state index is 13.0. The Bertz CT molecular complexity index is 1720. The number of unbranched alkanes of at least 4 members (excludes halogenated alkanes) is 42. The molecule has 0 amide bonds. The van der Waals surface area contributed by atoms with E-state index in [2.05, 4.69) is 34.6 Å². The van der Waals surface area contributed by atoms with E-state index in [0.717, 1.165) is 95.8 Å². The fourth-order valence-electron chi connectivity index (χ4n) is 10.6. The van der Waals surface area contributed by atoms with Crippen molar-refractivity contribution in [3.8, 4) is 0 Å². The number of carbonyl (C=O) groups excluding carboxylic acids is 4. The highest BCUT2D eigenvalue weighted by atomic mass is 31.2. The van der Waals surface area contributed by atoms with Gasteiger partial charge in [0.1, 0.15) is 19.3 Å². The van der Waals surface area contributed by atoms with Crippen LogP contribution in [0.3, 0.4) is 0 Å². The average molecular weight is 1310 g/mol. The van der Waals surface area contributed by atoms with Crippen molar-refractivity contribution in [1.29, 1.82) is 0 Å². The smallest absolute Gasteiger partial charge is 0.462 e. The third kappa shape index (κ3) is 64.6. The number of hydrogen-bond donors (Lipinski definition) is 3. The van der Waals surface area contributed by atoms with Crippen LogP contribution in [0.5, 0.6) is 0 Å². The van der Waals surface area contributed by atoms with Crippen LogP contribution in [-0.4, -0.2) is 96.7 Å². The highest BCUT2D eigenvalue weighted by Crippen LogP contribution is 2.45. The quantitative estimate of drug-likeness (QED) is 0.0222. The van der Waals surface area contributed by atoms with Gasteiger partial charge in [-0.05, 0) is 31.6 Å². The Kier molecular flexibility index (Phi) is 62.1. The molecule has 0 bridgehead atoms. The summed E-state index contributed by atoms with van der Waals surface area (Å²) in [6, 6.07) is 0. The molecule has 0 aliphatic rings. The molecule has 0 spiro atoms. The second-order valence-electron chi connectivity index (χ2n) is 25.7. The highest BCUT2D eigenvalue weighted by molar-refractivity contribution is 7.47. The van der Waals surface area contributed by atoms with Gasteiger partial charge in [-0.15, -0.1) is 0 Å². The van der Waals surface area contributed by atoms with Crippen molar-refractivity contribution >= 4 is 39.5 Å². The van der Waals surface area contributed by atoms with Crippen molar-refractivity contribution < 1.29 is 80.2 Å². The van der Waals surface area contributed by atoms with Crippen LogP contribution in [0, 0.1) is 5.92 Å². The summed E-state index contributed by atoms with van der Waals surface area (Å²) >= 11 is 0. The van der Waals surface area contributed by atoms with Gasteiger partial charge in [0.25, 0.3) is 0 Å². The van der Waals surface area contributed by atoms with Gasteiger partial charge in [0.2, 0.25) is 0 Å². The Balaban J connectivity index is 5.24. The van der Waals surface area contributed by atoms with Crippen LogP contribution in [0.1, 0.15) is 362 Å². The summed E-state index contributed by atoms with van der Waals surface area (Å²) in [7, 11) is -9.90. The van der Waals surface area contributed by atoms with E-state index >= 15 is 0 Å². The van der Waals surface area contributed by atoms with Crippen LogP contribution >= 0.6 is 15.6 Å². The van der Waals surface area contributed by atoms with Crippen molar-refractivity contribution in [1.82, 2.24) is 0 Å². The zero-order valence-electron chi connectivity index (χ0n) is 57.6. The van der Waals surface area contributed by atoms with Gasteiger partial charge in [-0.25, -0.2) is 9.13 Å². The van der Waals surface area contributed by atoms with E-state index in [1.54, 1.807) is 0 Å². The first-order valence-electron chi connectivity index (χ1n) is 36.6. The van der Waals surface area contributed by atoms with E-state index < -0.39 is 97.5 Å². The molecular formula is C70H136O17P2. The largest absolute Gasteiger partial charge is 0.472 e. The summed E-state index contributed by atoms with van der Waals surface area (Å²) in [5.74, 6) is -1.39. The first kappa shape index (κ1) is 87.1. The van der Waals surface area contributed by atoms with E-state index in [-0.39, 0.29) is 25.7 Å². The maximum absolute atomic E-state index is 13.0. The minimum absolute atomic E-state index is 0.106. The molecular weight excluding hydrogens is 1170 g/mol. The molecule has 0 aliphatic carbocycles. The van der Waals surface area contributed by atoms with Crippen LogP contribution in [0.15, 0.2) is 0 Å². The topological polar surface area (TPSA) is 237 Å². The lowest BCUT2D eigenvalue weighted by atomic mass is 10.0. The molecule has 2 unspecified atom stereocenters. The number of carbonyl (C=O) groups is 4. The van der Waals surface area contributed by atoms with Crippen molar-refractivity contribution in [3.05, 3.63) is 0 Å². The summed E-state index contributed by atoms with van der Waals surface area (Å²) in [5, 5.41) is 10.6. The summed E-state index contributed by atoms with van der Waals surface area (Å²) < 4.78 is 68.3. The Morgan fingerprint density at radius 3 is 0.764 bits per heavy atom. The summed E-state index contributed by atoms with van der Waals surface area (Å²) in [4.78, 5) is 72.5. The molecule has 3 N–H and O–H groups in total. The monoisotopic (exact) mass is 1310 g/mol. The van der Waals surface area contributed by atoms with Crippen LogP contribution in [0.25, 0.3) is 0 Å². The molecule has 0 rings (SSSR count). The third-order valence-electron chi connectivity index (χ3n) is 16.3. The molecule has 0 aromatic heterocycles. The number of rotatable bonds is 70. The number of aliphatic hydroxyl groups is 1. The fraction of sp³-hybridized carbons (Fsp3) is 0.943. The number of aliphatic hydroxyl groups excluding tert-OH is 1. The van der Waals surface area contributed by atoms with Crippen molar-refractivity contribution in [2.45, 2.75) is 380 Å². The van der Waals surface area contributed by atoms with Gasteiger partial charge < -0.3 is 33.8 Å². The minimum atomic E-state index is -4.95. The first-order chi connectivity index (χ1) is 43.0. The van der Waals surface area contributed by atoms with Crippen molar-refractivity contribution in [2.75, 3.05) is 39.6 Å². The number of phosphoric ester groups is 2. The van der Waals surface area contributed by atoms with Crippen LogP contribution in [0.4, 0.5) is 0 Å². The molecule has 89 heavy (non-hydrogen) atoms. The number of esters is 4. The summed E-state index contributed by atoms with van der Waals surface area (Å²) in [6.07, 6.45) is 49.8. The molecule has 0 aliphatic heterocycles. The molecule has 0 saturated heterocycles. The predicted octanol–water partition coefficient (Wildman–Crippen LogP) is 20.1. The van der Waals surface area contributed by atoms with Crippen molar-refractivity contribution in [2.24, 2.45) is 5.92 Å². The van der Waals surface area contributed by atoms with E-state index in [9.17, 15) is 43.2 Å². The molecule has 5 atom stereocenters. The van der Waals surface area contributed by atoms with E-state index in [1.807, 2.05) is 0 Å². The normalized spacial score (nSPS) is 14.1. The minimum Gasteiger partial charge on any atom is -0.462 e. The Hall–Kier alpha value is -1.94. The predicted molar refractivity (Wildman–Crippen MR) is 358 cm³/mol. The second kappa shape index (κ2) is 63.5. The Morgan fingerprint density at radius 1 is 0.303 bits per heavy atom. The van der Waals surface area contributed by atoms with E-state index in [4.69, 9.17) is 37.0 Å². The van der Waals surface area contributed by atoms with Crippen molar-refractivity contribution in [3.63, 3.8) is 0 Å². The first-order valence-corrected chi connectivity index (χ1v) is 39.6. The molecule has 0 aromatic carbocycles. The summed E-state index contributed by atoms with van der Waals surface area (Å²) in [6.45, 7) is 7.22. The van der Waals surface area contributed by atoms with Gasteiger partial charge in [-0.2, -0.15) is 0 Å². The number of ether oxygens (including phenoxy) is 4. The van der Waals surface area contributed by atoms with E-state index in [0.29, 0.717) is 25.7 Å². The van der Waals surface area contributed by atoms with Gasteiger partial charge in [-0.3, -0.25) is 37.3 Å². The van der Waals surface area contributed by atoms with Crippen LogP contribution < -0.4 is 0 Å². The maximum Gasteiger partial charge on any atom is 0.472 e. The van der Waals surface area contributed by atoms with Gasteiger partial charge in [0.15, 0.2) is 12.2 Å². The average Bonchev–Trinajstić information content (AvgIpc) is 3.71. The zero-order chi connectivity index (χ0) is 65.6. The standard InChI is InChI=1S/C70H136O17P2/c1-6-9-12-15-18-21-23-25-27-29-34-39-44-49-54-68(73)81-60-66(86-69(74)55-50-45-40-35-30-28-26-24-22-19-16-13-10-7-2)62-85-89(78,79)83-58-64(71)57-82-88(76,77)84-61-65(59-80-67(72)53-48-43-38-32-20-17-14-11-8-3)87-70(75)56-51-46-41-36-31-33-37-42-47-52-63(4)5/h63-66,71H,6-62H2,1-5H3,(H,76,77)(H,78,79)/t64-,65+,66+/m0/s1. The van der Waals surface area contributed by atoms with Gasteiger partial charge in [0, 0.05) is 25.7 Å². The lowest BCUT2D eigenvalue weighted by Gasteiger charge is -2.21. The molecule has 0 heterocycles. The van der Waals surface area contributed by atoms with Crippen LogP contribution in [0.2, 0.25) is 0 Å². The second-order valence-corrected chi connectivity index (χ2v) is 28.7. The third-order valence-corrected chi connectivity index (χ3v) is 18.2. The number of phosphoric acid groups is 2. The number of hydrogen-bond acceptors (Lipinski definition) is 15. The van der Waals surface area contributed by atoms with Crippen LogP contribution in [-0.2, 0) is 65.4 Å². The lowest BCUT2D eigenvalue weighted by Crippen LogP contribution is -2.30. The molecule has 0 fully saturated rings. The SMILES string of the molecule is CCCCCCCCCCCCCCCCC(=O)OC[C@H](COP(=O)(O)OC[C@@H](O)COP(=O)(O)OC[C@@H](COC(=O)CCCCCCCCCCC)OC(=O)CCCCCCCCCCCC(C)C)OC(=O)CCCCCCCCCCCCCCCC. The molecule has 0 radical (unpaired) electrons. The Morgan fingerprint density at radius 2 is 0.517 bits per heavy atom. The Labute approximate surface area is 543 Å².